The molecular weight excluding hydrogens is 398 g/mol. The fraction of sp³-hybridized carbons (Fsp3) is 0.652. The Bertz CT molecular complexity index is 683. The van der Waals surface area contributed by atoms with Crippen LogP contribution in [0.2, 0.25) is 16.6 Å². The zero-order valence-corrected chi connectivity index (χ0v) is 20.2. The molecule has 0 saturated carbocycles. The molecule has 0 N–H and O–H groups in total. The maximum atomic E-state index is 11.7. The van der Waals surface area contributed by atoms with Crippen molar-refractivity contribution in [3.63, 3.8) is 0 Å². The first-order chi connectivity index (χ1) is 14.2. The van der Waals surface area contributed by atoms with Gasteiger partial charge >= 0.3 is 0 Å². The fourth-order valence-electron chi connectivity index (χ4n) is 4.75. The van der Waals surface area contributed by atoms with Gasteiger partial charge in [0, 0.05) is 24.7 Å². The van der Waals surface area contributed by atoms with Gasteiger partial charge in [-0.1, -0.05) is 71.9 Å². The van der Waals surface area contributed by atoms with Crippen LogP contribution in [0.25, 0.3) is 0 Å². The van der Waals surface area contributed by atoms with Crippen molar-refractivity contribution in [2.45, 2.75) is 83.4 Å². The van der Waals surface area contributed by atoms with Gasteiger partial charge in [-0.05, 0) is 16.6 Å². The molecule has 0 spiro atoms. The number of hydrogen-bond donors (Lipinski definition) is 0. The van der Waals surface area contributed by atoms with Crippen molar-refractivity contribution in [3.8, 4) is 0 Å². The summed E-state index contributed by atoms with van der Waals surface area (Å²) in [7, 11) is -2.04. The van der Waals surface area contributed by atoms with Gasteiger partial charge in [-0.15, -0.1) is 0 Å². The van der Waals surface area contributed by atoms with E-state index in [0.29, 0.717) is 36.3 Å². The first-order valence-electron chi connectivity index (χ1n) is 11.0. The predicted molar refractivity (Wildman–Crippen MR) is 121 cm³/mol. The zero-order chi connectivity index (χ0) is 22.3. The van der Waals surface area contributed by atoms with Crippen molar-refractivity contribution < 1.29 is 18.8 Å². The summed E-state index contributed by atoms with van der Waals surface area (Å²) in [6.07, 6.45) is 1.69. The number of nitro groups is 1. The van der Waals surface area contributed by atoms with Crippen LogP contribution in [0.3, 0.4) is 0 Å². The molecule has 30 heavy (non-hydrogen) atoms. The van der Waals surface area contributed by atoms with Gasteiger partial charge in [-0.2, -0.15) is 0 Å². The first kappa shape index (κ1) is 24.7. The Morgan fingerprint density at radius 1 is 1.17 bits per heavy atom. The third kappa shape index (κ3) is 6.00. The summed E-state index contributed by atoms with van der Waals surface area (Å²) in [5, 5.41) is 11.7. The van der Waals surface area contributed by atoms with E-state index in [1.54, 1.807) is 6.08 Å². The number of nitrogens with zero attached hydrogens (tertiary/aromatic N) is 1. The van der Waals surface area contributed by atoms with Crippen molar-refractivity contribution in [2.24, 2.45) is 0 Å². The summed E-state index contributed by atoms with van der Waals surface area (Å²) < 4.78 is 18.2. The highest BCUT2D eigenvalue weighted by Gasteiger charge is 2.45. The van der Waals surface area contributed by atoms with Gasteiger partial charge < -0.3 is 13.9 Å². The summed E-state index contributed by atoms with van der Waals surface area (Å²) in [5.74, 6) is 0. The molecule has 1 aromatic carbocycles. The Kier molecular flexibility index (Phi) is 9.22. The zero-order valence-electron chi connectivity index (χ0n) is 19.2. The second kappa shape index (κ2) is 11.2. The number of ether oxygens (including phenoxy) is 2. The van der Waals surface area contributed by atoms with Crippen LogP contribution in [0.4, 0.5) is 0 Å². The Hall–Kier alpha value is -1.54. The molecular formula is C23H37NO5Si. The van der Waals surface area contributed by atoms with Gasteiger partial charge in [0.05, 0.1) is 24.1 Å². The molecule has 1 aromatic rings. The highest BCUT2D eigenvalue weighted by molar-refractivity contribution is 6.77. The van der Waals surface area contributed by atoms with Crippen LogP contribution in [0.15, 0.2) is 42.1 Å². The normalized spacial score (nSPS) is 20.9. The lowest BCUT2D eigenvalue weighted by Gasteiger charge is -2.42. The molecule has 1 fully saturated rings. The molecule has 1 saturated heterocycles. The Balaban J connectivity index is 2.06. The van der Waals surface area contributed by atoms with E-state index in [0.717, 1.165) is 5.56 Å². The average Bonchev–Trinajstić information content (AvgIpc) is 2.70. The Morgan fingerprint density at radius 3 is 2.30 bits per heavy atom. The van der Waals surface area contributed by atoms with E-state index in [2.05, 4.69) is 41.5 Å². The minimum absolute atomic E-state index is 0.160. The molecule has 1 aliphatic rings. The second-order valence-electron chi connectivity index (χ2n) is 8.91. The largest absolute Gasteiger partial charge is 0.415 e. The highest BCUT2D eigenvalue weighted by Crippen LogP contribution is 2.42. The minimum Gasteiger partial charge on any atom is -0.415 e. The van der Waals surface area contributed by atoms with Gasteiger partial charge in [-0.3, -0.25) is 10.1 Å². The molecule has 7 heteroatoms. The van der Waals surface area contributed by atoms with Crippen LogP contribution in [0, 0.1) is 10.1 Å². The van der Waals surface area contributed by atoms with Crippen LogP contribution < -0.4 is 0 Å². The fourth-order valence-corrected chi connectivity index (χ4v) is 10.2. The lowest BCUT2D eigenvalue weighted by molar-refractivity contribution is -0.429. The first-order valence-corrected chi connectivity index (χ1v) is 13.1. The van der Waals surface area contributed by atoms with Gasteiger partial charge in [0.1, 0.15) is 0 Å². The van der Waals surface area contributed by atoms with Crippen molar-refractivity contribution in [1.29, 1.82) is 0 Å². The topological polar surface area (TPSA) is 70.8 Å². The molecule has 2 atom stereocenters. The van der Waals surface area contributed by atoms with Crippen molar-refractivity contribution in [3.05, 3.63) is 57.8 Å². The van der Waals surface area contributed by atoms with E-state index in [4.69, 9.17) is 13.9 Å². The maximum absolute atomic E-state index is 11.7. The van der Waals surface area contributed by atoms with Crippen molar-refractivity contribution >= 4 is 8.32 Å². The van der Waals surface area contributed by atoms with Crippen LogP contribution in [0.5, 0.6) is 0 Å². The third-order valence-electron chi connectivity index (χ3n) is 6.07. The highest BCUT2D eigenvalue weighted by atomic mass is 28.4. The quantitative estimate of drug-likeness (QED) is 0.247. The molecule has 0 aromatic heterocycles. The molecule has 1 heterocycles. The molecule has 0 bridgehead atoms. The molecule has 1 aliphatic heterocycles. The molecule has 2 rings (SSSR count). The Labute approximate surface area is 181 Å². The molecule has 168 valence electrons. The van der Waals surface area contributed by atoms with Crippen LogP contribution in [-0.2, 0) is 13.9 Å². The number of rotatable bonds is 10. The third-order valence-corrected chi connectivity index (χ3v) is 12.2. The summed E-state index contributed by atoms with van der Waals surface area (Å²) in [6, 6.07) is 9.66. The van der Waals surface area contributed by atoms with E-state index < -0.39 is 14.6 Å². The molecule has 6 nitrogen and oxygen atoms in total. The number of hydrogen-bond acceptors (Lipinski definition) is 5. The van der Waals surface area contributed by atoms with Crippen LogP contribution >= 0.6 is 0 Å². The van der Waals surface area contributed by atoms with E-state index in [1.807, 2.05) is 30.3 Å². The molecule has 0 aliphatic carbocycles. The van der Waals surface area contributed by atoms with E-state index in [9.17, 15) is 10.1 Å². The minimum atomic E-state index is -2.04. The van der Waals surface area contributed by atoms with Crippen LogP contribution in [0.1, 0.15) is 66.2 Å². The van der Waals surface area contributed by atoms with Gasteiger partial charge in [-0.25, -0.2) is 0 Å². The van der Waals surface area contributed by atoms with E-state index in [1.165, 1.54) is 0 Å². The maximum Gasteiger partial charge on any atom is 0.247 e. The smallest absolute Gasteiger partial charge is 0.247 e. The summed E-state index contributed by atoms with van der Waals surface area (Å²) in [4.78, 5) is 11.4. The Morgan fingerprint density at radius 2 is 1.77 bits per heavy atom. The lowest BCUT2D eigenvalue weighted by Crippen LogP contribution is -2.48. The monoisotopic (exact) mass is 435 g/mol. The van der Waals surface area contributed by atoms with Crippen molar-refractivity contribution in [2.75, 3.05) is 13.2 Å². The van der Waals surface area contributed by atoms with Crippen molar-refractivity contribution in [1.82, 2.24) is 0 Å². The summed E-state index contributed by atoms with van der Waals surface area (Å²) in [5.41, 5.74) is 2.43. The molecule has 1 unspecified atom stereocenters. The van der Waals surface area contributed by atoms with E-state index >= 15 is 0 Å². The second-order valence-corrected chi connectivity index (χ2v) is 14.4. The summed E-state index contributed by atoms with van der Waals surface area (Å²) in [6.45, 7) is 14.2. The SMILES string of the molecule is CC(C)[Si](OCC/C(=C\[C@@H]1CCOC(c2ccccc2)O1)[N+](=O)[O-])(C(C)C)C(C)C. The molecule has 0 radical (unpaired) electrons. The van der Waals surface area contributed by atoms with Gasteiger partial charge in [0.25, 0.3) is 0 Å². The van der Waals surface area contributed by atoms with E-state index in [-0.39, 0.29) is 23.1 Å². The van der Waals surface area contributed by atoms with Gasteiger partial charge in [0.2, 0.25) is 5.70 Å². The lowest BCUT2D eigenvalue weighted by atomic mass is 10.1. The summed E-state index contributed by atoms with van der Waals surface area (Å²) >= 11 is 0. The van der Waals surface area contributed by atoms with Gasteiger partial charge in [0.15, 0.2) is 14.6 Å². The number of benzene rings is 1. The predicted octanol–water partition coefficient (Wildman–Crippen LogP) is 6.23. The van der Waals surface area contributed by atoms with Crippen LogP contribution in [-0.4, -0.2) is 32.6 Å². The standard InChI is InChI=1S/C23H37NO5Si/c1-17(2)30(18(3)4,19(5)6)28-15-12-21(24(25)26)16-22-13-14-27-23(29-22)20-10-8-7-9-11-20/h7-11,16-19,22-23H,12-15H2,1-6H3/b21-16+/t22-,23?/m0/s1. The molecule has 0 amide bonds. The average molecular weight is 436 g/mol.